The predicted molar refractivity (Wildman–Crippen MR) is 75.1 cm³/mol. The van der Waals surface area contributed by atoms with Crippen molar-refractivity contribution in [3.8, 4) is 0 Å². The van der Waals surface area contributed by atoms with Gasteiger partial charge in [-0.3, -0.25) is 4.90 Å². The molecular weight excluding hydrogens is 228 g/mol. The van der Waals surface area contributed by atoms with Crippen LogP contribution in [0.2, 0.25) is 0 Å². The molecule has 108 valence electrons. The Hall–Kier alpha value is -0.160. The highest BCUT2D eigenvalue weighted by atomic mass is 16.5. The van der Waals surface area contributed by atoms with Crippen molar-refractivity contribution in [2.24, 2.45) is 0 Å². The van der Waals surface area contributed by atoms with Gasteiger partial charge in [0.2, 0.25) is 0 Å². The summed E-state index contributed by atoms with van der Waals surface area (Å²) in [5.41, 5.74) is 0. The molecule has 4 heteroatoms. The number of rotatable bonds is 10. The van der Waals surface area contributed by atoms with Crippen molar-refractivity contribution in [1.29, 1.82) is 0 Å². The lowest BCUT2D eigenvalue weighted by Crippen LogP contribution is -2.42. The molecule has 0 radical (unpaired) electrons. The summed E-state index contributed by atoms with van der Waals surface area (Å²) in [7, 11) is 1.82. The Bertz CT molecular complexity index is 191. The Morgan fingerprint density at radius 1 is 1.28 bits per heavy atom. The Labute approximate surface area is 112 Å². The molecule has 0 aromatic rings. The van der Waals surface area contributed by atoms with Crippen LogP contribution in [-0.2, 0) is 9.47 Å². The molecule has 1 unspecified atom stereocenters. The molecule has 4 nitrogen and oxygen atoms in total. The van der Waals surface area contributed by atoms with Gasteiger partial charge in [0, 0.05) is 39.9 Å². The molecule has 0 bridgehead atoms. The number of nitrogens with one attached hydrogen (secondary N) is 1. The molecule has 1 fully saturated rings. The maximum Gasteiger partial charge on any atom is 0.0698 e. The molecule has 18 heavy (non-hydrogen) atoms. The van der Waals surface area contributed by atoms with Gasteiger partial charge in [-0.1, -0.05) is 13.3 Å². The van der Waals surface area contributed by atoms with Crippen molar-refractivity contribution in [1.82, 2.24) is 10.2 Å². The molecule has 1 rings (SSSR count). The quantitative estimate of drug-likeness (QED) is 0.602. The zero-order valence-electron chi connectivity index (χ0n) is 12.1. The molecule has 1 aliphatic rings. The maximum absolute atomic E-state index is 5.50. The summed E-state index contributed by atoms with van der Waals surface area (Å²) in [6.07, 6.45) is 5.30. The van der Waals surface area contributed by atoms with Gasteiger partial charge in [-0.15, -0.1) is 0 Å². The minimum Gasteiger partial charge on any atom is -0.380 e. The second-order valence-electron chi connectivity index (χ2n) is 5.02. The van der Waals surface area contributed by atoms with Crippen molar-refractivity contribution in [3.05, 3.63) is 0 Å². The van der Waals surface area contributed by atoms with Gasteiger partial charge in [0.25, 0.3) is 0 Å². The normalized spacial score (nSPS) is 21.3. The van der Waals surface area contributed by atoms with E-state index < -0.39 is 0 Å². The molecule has 1 saturated heterocycles. The van der Waals surface area contributed by atoms with Crippen LogP contribution in [0.1, 0.15) is 32.6 Å². The SMILES string of the molecule is CCCCOCCNCCN1CCCC(OC)C1. The smallest absolute Gasteiger partial charge is 0.0698 e. The van der Waals surface area contributed by atoms with Crippen LogP contribution >= 0.6 is 0 Å². The molecule has 1 atom stereocenters. The molecule has 1 heterocycles. The molecule has 0 aromatic heterocycles. The van der Waals surface area contributed by atoms with E-state index in [2.05, 4.69) is 17.1 Å². The minimum atomic E-state index is 0.441. The second-order valence-corrected chi connectivity index (χ2v) is 5.02. The first-order valence-electron chi connectivity index (χ1n) is 7.40. The van der Waals surface area contributed by atoms with Crippen molar-refractivity contribution >= 4 is 0 Å². The van der Waals surface area contributed by atoms with E-state index in [0.29, 0.717) is 6.10 Å². The van der Waals surface area contributed by atoms with Crippen molar-refractivity contribution in [2.75, 3.05) is 53.0 Å². The highest BCUT2D eigenvalue weighted by Crippen LogP contribution is 2.11. The molecule has 0 aliphatic carbocycles. The van der Waals surface area contributed by atoms with Crippen LogP contribution in [0.5, 0.6) is 0 Å². The zero-order valence-corrected chi connectivity index (χ0v) is 12.1. The molecule has 1 aliphatic heterocycles. The standard InChI is InChI=1S/C14H30N2O2/c1-3-4-11-18-12-8-15-7-10-16-9-5-6-14(13-16)17-2/h14-15H,3-13H2,1-2H3. The lowest BCUT2D eigenvalue weighted by atomic mass is 10.1. The minimum absolute atomic E-state index is 0.441. The third-order valence-electron chi connectivity index (χ3n) is 3.47. The molecule has 0 aromatic carbocycles. The van der Waals surface area contributed by atoms with E-state index in [-0.39, 0.29) is 0 Å². The molecule has 0 saturated carbocycles. The van der Waals surface area contributed by atoms with Gasteiger partial charge in [0.1, 0.15) is 0 Å². The zero-order chi connectivity index (χ0) is 13.1. The van der Waals surface area contributed by atoms with E-state index in [9.17, 15) is 0 Å². The topological polar surface area (TPSA) is 33.7 Å². The average molecular weight is 258 g/mol. The second kappa shape index (κ2) is 10.7. The molecule has 0 amide bonds. The fourth-order valence-electron chi connectivity index (χ4n) is 2.26. The molecular formula is C14H30N2O2. The van der Waals surface area contributed by atoms with Gasteiger partial charge in [0.15, 0.2) is 0 Å². The van der Waals surface area contributed by atoms with Crippen molar-refractivity contribution in [3.63, 3.8) is 0 Å². The van der Waals surface area contributed by atoms with E-state index in [1.54, 1.807) is 0 Å². The van der Waals surface area contributed by atoms with E-state index in [0.717, 1.165) is 39.4 Å². The summed E-state index contributed by atoms with van der Waals surface area (Å²) in [5, 5.41) is 3.43. The van der Waals surface area contributed by atoms with Crippen molar-refractivity contribution in [2.45, 2.75) is 38.7 Å². The van der Waals surface area contributed by atoms with E-state index in [1.165, 1.54) is 32.2 Å². The number of hydrogen-bond donors (Lipinski definition) is 1. The van der Waals surface area contributed by atoms with E-state index in [4.69, 9.17) is 9.47 Å². The van der Waals surface area contributed by atoms with Crippen LogP contribution < -0.4 is 5.32 Å². The highest BCUT2D eigenvalue weighted by molar-refractivity contribution is 4.73. The van der Waals surface area contributed by atoms with Gasteiger partial charge < -0.3 is 14.8 Å². The monoisotopic (exact) mass is 258 g/mol. The summed E-state index contributed by atoms with van der Waals surface area (Å²) in [4.78, 5) is 2.49. The van der Waals surface area contributed by atoms with Crippen LogP contribution in [0.3, 0.4) is 0 Å². The lowest BCUT2D eigenvalue weighted by Gasteiger charge is -2.31. The average Bonchev–Trinajstić information content (AvgIpc) is 2.42. The Morgan fingerprint density at radius 3 is 2.94 bits per heavy atom. The van der Waals surface area contributed by atoms with Crippen LogP contribution in [0.4, 0.5) is 0 Å². The van der Waals surface area contributed by atoms with Gasteiger partial charge in [-0.05, 0) is 25.8 Å². The van der Waals surface area contributed by atoms with Crippen LogP contribution in [0, 0.1) is 0 Å². The molecule has 0 spiro atoms. The Kier molecular flexibility index (Phi) is 9.48. The highest BCUT2D eigenvalue weighted by Gasteiger charge is 2.18. The van der Waals surface area contributed by atoms with Crippen LogP contribution in [0.25, 0.3) is 0 Å². The predicted octanol–water partition coefficient (Wildman–Crippen LogP) is 1.50. The third-order valence-corrected chi connectivity index (χ3v) is 3.47. The first-order chi connectivity index (χ1) is 8.86. The number of piperidine rings is 1. The molecule has 1 N–H and O–H groups in total. The van der Waals surface area contributed by atoms with E-state index >= 15 is 0 Å². The first kappa shape index (κ1) is 15.9. The summed E-state index contributed by atoms with van der Waals surface area (Å²) < 4.78 is 10.9. The van der Waals surface area contributed by atoms with Crippen molar-refractivity contribution < 1.29 is 9.47 Å². The summed E-state index contributed by atoms with van der Waals surface area (Å²) in [6, 6.07) is 0. The van der Waals surface area contributed by atoms with Gasteiger partial charge >= 0.3 is 0 Å². The number of ether oxygens (including phenoxy) is 2. The van der Waals surface area contributed by atoms with E-state index in [1.807, 2.05) is 7.11 Å². The number of methoxy groups -OCH3 is 1. The van der Waals surface area contributed by atoms with Gasteiger partial charge in [-0.25, -0.2) is 0 Å². The maximum atomic E-state index is 5.50. The van der Waals surface area contributed by atoms with Crippen LogP contribution in [-0.4, -0.2) is 64.1 Å². The lowest BCUT2D eigenvalue weighted by molar-refractivity contribution is 0.0316. The largest absolute Gasteiger partial charge is 0.380 e. The number of likely N-dealkylation sites (tertiary alicyclic amines) is 1. The van der Waals surface area contributed by atoms with Gasteiger partial charge in [-0.2, -0.15) is 0 Å². The number of nitrogens with zero attached hydrogens (tertiary/aromatic N) is 1. The Morgan fingerprint density at radius 2 is 2.17 bits per heavy atom. The number of hydrogen-bond acceptors (Lipinski definition) is 4. The summed E-state index contributed by atoms with van der Waals surface area (Å²) in [6.45, 7) is 9.36. The fourth-order valence-corrected chi connectivity index (χ4v) is 2.26. The third kappa shape index (κ3) is 7.31. The first-order valence-corrected chi connectivity index (χ1v) is 7.40. The Balaban J connectivity index is 1.88. The summed E-state index contributed by atoms with van der Waals surface area (Å²) >= 11 is 0. The number of unbranched alkanes of at least 4 members (excludes halogenated alkanes) is 1. The summed E-state index contributed by atoms with van der Waals surface area (Å²) in [5.74, 6) is 0. The van der Waals surface area contributed by atoms with Gasteiger partial charge in [0.05, 0.1) is 12.7 Å². The van der Waals surface area contributed by atoms with Crippen LogP contribution in [0.15, 0.2) is 0 Å². The fraction of sp³-hybridized carbons (Fsp3) is 1.00.